The molecule has 15 heavy (non-hydrogen) atoms. The van der Waals surface area contributed by atoms with Crippen LogP contribution in [0.5, 0.6) is 0 Å². The van der Waals surface area contributed by atoms with Crippen molar-refractivity contribution in [3.8, 4) is 0 Å². The molecule has 0 saturated carbocycles. The Hall–Kier alpha value is -0.570. The summed E-state index contributed by atoms with van der Waals surface area (Å²) in [5.74, 6) is 0. The molecule has 0 aromatic heterocycles. The number of halogens is 1. The van der Waals surface area contributed by atoms with E-state index in [1.165, 1.54) is 0 Å². The molecule has 1 rings (SSSR count). The van der Waals surface area contributed by atoms with Gasteiger partial charge in [0.1, 0.15) is 0 Å². The molecule has 0 fully saturated rings. The van der Waals surface area contributed by atoms with Crippen LogP contribution in [0.15, 0.2) is 24.3 Å². The normalized spacial score (nSPS) is 13.9. The summed E-state index contributed by atoms with van der Waals surface area (Å²) < 4.78 is 5.22. The van der Waals surface area contributed by atoms with Crippen molar-refractivity contribution in [2.75, 3.05) is 7.11 Å². The van der Waals surface area contributed by atoms with Gasteiger partial charge in [-0.1, -0.05) is 29.8 Å². The second kappa shape index (κ2) is 4.97. The quantitative estimate of drug-likeness (QED) is 0.859. The van der Waals surface area contributed by atoms with Gasteiger partial charge in [-0.2, -0.15) is 0 Å². The number of ether oxygens (including phenoxy) is 1. The molecule has 1 aromatic carbocycles. The van der Waals surface area contributed by atoms with Crippen LogP contribution in [0.3, 0.4) is 0 Å². The first kappa shape index (κ1) is 12.5. The Kier molecular flexibility index (Phi) is 4.14. The standard InChI is InChI=1S/C12H17ClO2/c1-12(2,15-3)11(14)8-9-6-4-5-7-10(9)13/h4-7,11,14H,8H2,1-3H3. The molecule has 84 valence electrons. The van der Waals surface area contributed by atoms with Gasteiger partial charge in [-0.3, -0.25) is 0 Å². The summed E-state index contributed by atoms with van der Waals surface area (Å²) in [5.41, 5.74) is 0.385. The minimum absolute atomic E-state index is 0.501. The lowest BCUT2D eigenvalue weighted by Gasteiger charge is -2.29. The van der Waals surface area contributed by atoms with E-state index in [1.807, 2.05) is 38.1 Å². The lowest BCUT2D eigenvalue weighted by molar-refractivity contribution is -0.0764. The van der Waals surface area contributed by atoms with Gasteiger partial charge in [-0.05, 0) is 25.5 Å². The van der Waals surface area contributed by atoms with Gasteiger partial charge in [-0.15, -0.1) is 0 Å². The molecule has 2 nitrogen and oxygen atoms in total. The van der Waals surface area contributed by atoms with Crippen molar-refractivity contribution in [2.24, 2.45) is 0 Å². The van der Waals surface area contributed by atoms with Crippen LogP contribution >= 0.6 is 11.6 Å². The Balaban J connectivity index is 2.75. The van der Waals surface area contributed by atoms with Crippen LogP contribution in [-0.4, -0.2) is 23.9 Å². The Morgan fingerprint density at radius 2 is 2.00 bits per heavy atom. The van der Waals surface area contributed by atoms with Crippen molar-refractivity contribution in [3.05, 3.63) is 34.9 Å². The number of hydrogen-bond donors (Lipinski definition) is 1. The van der Waals surface area contributed by atoms with Crippen LogP contribution in [0, 0.1) is 0 Å². The third-order valence-corrected chi connectivity index (χ3v) is 3.07. The van der Waals surface area contributed by atoms with Crippen LogP contribution in [-0.2, 0) is 11.2 Å². The molecule has 0 amide bonds. The number of aliphatic hydroxyl groups excluding tert-OH is 1. The maximum atomic E-state index is 9.97. The van der Waals surface area contributed by atoms with Gasteiger partial charge < -0.3 is 9.84 Å². The van der Waals surface area contributed by atoms with Gasteiger partial charge >= 0.3 is 0 Å². The molecule has 0 aliphatic heterocycles. The Bertz CT molecular complexity index is 323. The number of methoxy groups -OCH3 is 1. The zero-order chi connectivity index (χ0) is 11.5. The molecule has 0 saturated heterocycles. The van der Waals surface area contributed by atoms with Gasteiger partial charge in [0.25, 0.3) is 0 Å². The molecule has 0 heterocycles. The summed E-state index contributed by atoms with van der Waals surface area (Å²) in [6, 6.07) is 7.52. The van der Waals surface area contributed by atoms with Crippen LogP contribution in [0.1, 0.15) is 19.4 Å². The second-order valence-corrected chi connectivity index (χ2v) is 4.53. The van der Waals surface area contributed by atoms with E-state index in [0.717, 1.165) is 5.56 Å². The maximum Gasteiger partial charge on any atom is 0.0883 e. The number of benzene rings is 1. The highest BCUT2D eigenvalue weighted by atomic mass is 35.5. The largest absolute Gasteiger partial charge is 0.390 e. The average molecular weight is 229 g/mol. The highest BCUT2D eigenvalue weighted by Crippen LogP contribution is 2.22. The van der Waals surface area contributed by atoms with Gasteiger partial charge in [0, 0.05) is 18.6 Å². The average Bonchev–Trinajstić information content (AvgIpc) is 2.21. The van der Waals surface area contributed by atoms with Crippen molar-refractivity contribution in [1.29, 1.82) is 0 Å². The molecule has 1 N–H and O–H groups in total. The van der Waals surface area contributed by atoms with Crippen LogP contribution in [0.2, 0.25) is 5.02 Å². The van der Waals surface area contributed by atoms with Crippen molar-refractivity contribution in [3.63, 3.8) is 0 Å². The predicted octanol–water partition coefficient (Wildman–Crippen LogP) is 2.67. The Morgan fingerprint density at radius 3 is 2.53 bits per heavy atom. The first-order chi connectivity index (χ1) is 6.97. The van der Waals surface area contributed by atoms with E-state index >= 15 is 0 Å². The maximum absolute atomic E-state index is 9.97. The summed E-state index contributed by atoms with van der Waals surface area (Å²) in [5, 5.41) is 10.7. The molecular weight excluding hydrogens is 212 g/mol. The summed E-state index contributed by atoms with van der Waals surface area (Å²) in [7, 11) is 1.59. The van der Waals surface area contributed by atoms with Crippen LogP contribution in [0.4, 0.5) is 0 Å². The fourth-order valence-corrected chi connectivity index (χ4v) is 1.47. The van der Waals surface area contributed by atoms with Crippen molar-refractivity contribution < 1.29 is 9.84 Å². The van der Waals surface area contributed by atoms with Crippen LogP contribution < -0.4 is 0 Å². The number of rotatable bonds is 4. The van der Waals surface area contributed by atoms with Crippen molar-refractivity contribution in [1.82, 2.24) is 0 Å². The van der Waals surface area contributed by atoms with E-state index in [4.69, 9.17) is 16.3 Å². The lowest BCUT2D eigenvalue weighted by atomic mass is 9.95. The smallest absolute Gasteiger partial charge is 0.0883 e. The Labute approximate surface area is 95.8 Å². The predicted molar refractivity (Wildman–Crippen MR) is 62.3 cm³/mol. The monoisotopic (exact) mass is 228 g/mol. The molecule has 0 aliphatic carbocycles. The van der Waals surface area contributed by atoms with E-state index in [9.17, 15) is 5.11 Å². The molecule has 1 aromatic rings. The SMILES string of the molecule is COC(C)(C)C(O)Cc1ccccc1Cl. The first-order valence-electron chi connectivity index (χ1n) is 4.94. The second-order valence-electron chi connectivity index (χ2n) is 4.12. The highest BCUT2D eigenvalue weighted by Gasteiger charge is 2.27. The van der Waals surface area contributed by atoms with E-state index in [1.54, 1.807) is 7.11 Å². The zero-order valence-corrected chi connectivity index (χ0v) is 10.1. The van der Waals surface area contributed by atoms with Crippen molar-refractivity contribution >= 4 is 11.6 Å². The van der Waals surface area contributed by atoms with E-state index < -0.39 is 11.7 Å². The van der Waals surface area contributed by atoms with Gasteiger partial charge in [-0.25, -0.2) is 0 Å². The van der Waals surface area contributed by atoms with Gasteiger partial charge in [0.2, 0.25) is 0 Å². The molecule has 1 unspecified atom stereocenters. The van der Waals surface area contributed by atoms with E-state index in [2.05, 4.69) is 0 Å². The number of hydrogen-bond acceptors (Lipinski definition) is 2. The fourth-order valence-electron chi connectivity index (χ4n) is 1.25. The molecule has 0 radical (unpaired) electrons. The molecule has 0 aliphatic rings. The van der Waals surface area contributed by atoms with E-state index in [0.29, 0.717) is 11.4 Å². The van der Waals surface area contributed by atoms with Crippen molar-refractivity contribution in [2.45, 2.75) is 32.0 Å². The summed E-state index contributed by atoms with van der Waals surface area (Å²) >= 11 is 6.01. The lowest BCUT2D eigenvalue weighted by Crippen LogP contribution is -2.39. The molecule has 0 bridgehead atoms. The summed E-state index contributed by atoms with van der Waals surface area (Å²) in [4.78, 5) is 0. The highest BCUT2D eigenvalue weighted by molar-refractivity contribution is 6.31. The molecule has 0 spiro atoms. The Morgan fingerprint density at radius 1 is 1.40 bits per heavy atom. The minimum atomic E-state index is -0.567. The number of aliphatic hydroxyl groups is 1. The topological polar surface area (TPSA) is 29.5 Å². The zero-order valence-electron chi connectivity index (χ0n) is 9.33. The third-order valence-electron chi connectivity index (χ3n) is 2.70. The van der Waals surface area contributed by atoms with E-state index in [-0.39, 0.29) is 0 Å². The molecular formula is C12H17ClO2. The molecule has 3 heteroatoms. The van der Waals surface area contributed by atoms with Gasteiger partial charge in [0.15, 0.2) is 0 Å². The third kappa shape index (κ3) is 3.20. The summed E-state index contributed by atoms with van der Waals surface area (Å²) in [6.45, 7) is 3.71. The summed E-state index contributed by atoms with van der Waals surface area (Å²) in [6.07, 6.45) is -0.0667. The minimum Gasteiger partial charge on any atom is -0.390 e. The first-order valence-corrected chi connectivity index (χ1v) is 5.32. The molecule has 1 atom stereocenters. The fraction of sp³-hybridized carbons (Fsp3) is 0.500. The van der Waals surface area contributed by atoms with Crippen LogP contribution in [0.25, 0.3) is 0 Å². The van der Waals surface area contributed by atoms with Gasteiger partial charge in [0.05, 0.1) is 11.7 Å².